The number of unbranched alkanes of at least 4 members (excludes halogenated alkanes) is 9. The van der Waals surface area contributed by atoms with Crippen molar-refractivity contribution in [3.8, 4) is 0 Å². The van der Waals surface area contributed by atoms with E-state index in [4.69, 9.17) is 18.9 Å². The van der Waals surface area contributed by atoms with E-state index >= 15 is 0 Å². The molecular weight excluding hydrogens is 725 g/mol. The predicted octanol–water partition coefficient (Wildman–Crippen LogP) is 8.99. The van der Waals surface area contributed by atoms with Crippen molar-refractivity contribution in [2.24, 2.45) is 0 Å². The van der Waals surface area contributed by atoms with Gasteiger partial charge in [0.15, 0.2) is 12.4 Å². The maximum atomic E-state index is 12.7. The van der Waals surface area contributed by atoms with Crippen LogP contribution in [0.25, 0.3) is 0 Å². The molecule has 10 heteroatoms. The lowest BCUT2D eigenvalue weighted by atomic mass is 9.99. The highest BCUT2D eigenvalue weighted by Crippen LogP contribution is 2.22. The molecule has 1 fully saturated rings. The summed E-state index contributed by atoms with van der Waals surface area (Å²) in [5, 5.41) is 40.0. The van der Waals surface area contributed by atoms with Crippen molar-refractivity contribution in [2.75, 3.05) is 19.8 Å². The molecule has 1 saturated heterocycles. The number of allylic oxidation sites excluding steroid dienone is 14. The Morgan fingerprint density at radius 1 is 0.561 bits per heavy atom. The van der Waals surface area contributed by atoms with Gasteiger partial charge in [0.2, 0.25) is 0 Å². The summed E-state index contributed by atoms with van der Waals surface area (Å²) < 4.78 is 22.0. The van der Waals surface area contributed by atoms with E-state index in [-0.39, 0.29) is 26.1 Å². The van der Waals surface area contributed by atoms with Crippen molar-refractivity contribution < 1.29 is 49.0 Å². The van der Waals surface area contributed by atoms with Gasteiger partial charge in [-0.05, 0) is 77.0 Å². The van der Waals surface area contributed by atoms with Gasteiger partial charge >= 0.3 is 11.9 Å². The van der Waals surface area contributed by atoms with Gasteiger partial charge in [0.25, 0.3) is 0 Å². The molecule has 0 aliphatic carbocycles. The standard InChI is InChI=1S/C47H76O10/c1-3-5-7-9-11-13-15-17-18-19-20-21-22-24-26-28-30-32-34-36-43(50)56-40(39-55-47-46(53)45(52)44(51)41(37-48)57-47)38-54-42(49)35-33-31-29-27-25-23-16-14-12-10-8-6-4-2/h5,7,11,13-14,16-18,20-21,24,26,30,32,40-41,44-48,51-53H,3-4,6,8-10,12,15,19,22-23,25,27-29,31,33-39H2,1-2H3/b7-5-,13-11-,16-14-,18-17-,21-20-,26-24-,32-30-. The lowest BCUT2D eigenvalue weighted by Crippen LogP contribution is -2.59. The van der Waals surface area contributed by atoms with Crippen molar-refractivity contribution in [2.45, 2.75) is 179 Å². The molecule has 6 atom stereocenters. The van der Waals surface area contributed by atoms with Gasteiger partial charge in [0.05, 0.1) is 13.2 Å². The van der Waals surface area contributed by atoms with E-state index in [0.29, 0.717) is 12.8 Å². The molecule has 57 heavy (non-hydrogen) atoms. The van der Waals surface area contributed by atoms with Crippen molar-refractivity contribution >= 4 is 11.9 Å². The first kappa shape index (κ1) is 51.9. The van der Waals surface area contributed by atoms with Crippen LogP contribution in [-0.4, -0.2) is 89.0 Å². The summed E-state index contributed by atoms with van der Waals surface area (Å²) in [6, 6.07) is 0. The average molecular weight is 801 g/mol. The summed E-state index contributed by atoms with van der Waals surface area (Å²) in [6.45, 7) is 3.18. The normalized spacial score (nSPS) is 21.1. The lowest BCUT2D eigenvalue weighted by molar-refractivity contribution is -0.305. The third-order valence-corrected chi connectivity index (χ3v) is 9.28. The highest BCUT2D eigenvalue weighted by atomic mass is 16.7. The van der Waals surface area contributed by atoms with Crippen molar-refractivity contribution in [3.63, 3.8) is 0 Å². The second-order valence-corrected chi connectivity index (χ2v) is 14.4. The molecule has 10 nitrogen and oxygen atoms in total. The number of carbonyl (C=O) groups excluding carboxylic acids is 2. The Kier molecular flexibility index (Phi) is 33.8. The molecule has 0 aromatic heterocycles. The van der Waals surface area contributed by atoms with Gasteiger partial charge in [-0.1, -0.05) is 137 Å². The third-order valence-electron chi connectivity index (χ3n) is 9.28. The first-order chi connectivity index (χ1) is 27.8. The average Bonchev–Trinajstić information content (AvgIpc) is 3.21. The summed E-state index contributed by atoms with van der Waals surface area (Å²) >= 11 is 0. The van der Waals surface area contributed by atoms with Gasteiger partial charge in [-0.25, -0.2) is 0 Å². The molecule has 0 radical (unpaired) electrons. The number of ether oxygens (including phenoxy) is 4. The number of hydrogen-bond donors (Lipinski definition) is 4. The van der Waals surface area contributed by atoms with Crippen LogP contribution < -0.4 is 0 Å². The predicted molar refractivity (Wildman–Crippen MR) is 228 cm³/mol. The number of rotatable bonds is 34. The smallest absolute Gasteiger partial charge is 0.306 e. The maximum Gasteiger partial charge on any atom is 0.306 e. The maximum absolute atomic E-state index is 12.7. The zero-order chi connectivity index (χ0) is 41.6. The van der Waals surface area contributed by atoms with Crippen LogP contribution in [0.2, 0.25) is 0 Å². The van der Waals surface area contributed by atoms with Gasteiger partial charge in [0, 0.05) is 12.8 Å². The minimum Gasteiger partial charge on any atom is -0.462 e. The molecule has 0 spiro atoms. The molecule has 324 valence electrons. The summed E-state index contributed by atoms with van der Waals surface area (Å²) in [6.07, 6.45) is 40.3. The Morgan fingerprint density at radius 2 is 1.07 bits per heavy atom. The molecule has 0 saturated carbocycles. The van der Waals surface area contributed by atoms with Crippen molar-refractivity contribution in [1.29, 1.82) is 0 Å². The van der Waals surface area contributed by atoms with Crippen LogP contribution in [-0.2, 0) is 28.5 Å². The number of esters is 2. The minimum atomic E-state index is -1.61. The molecule has 1 heterocycles. The fourth-order valence-electron chi connectivity index (χ4n) is 5.85. The first-order valence-electron chi connectivity index (χ1n) is 21.7. The van der Waals surface area contributed by atoms with Crippen LogP contribution in [0, 0.1) is 0 Å². The summed E-state index contributed by atoms with van der Waals surface area (Å²) in [7, 11) is 0. The van der Waals surface area contributed by atoms with Crippen LogP contribution >= 0.6 is 0 Å². The molecule has 1 rings (SSSR count). The molecule has 0 aromatic carbocycles. The Labute approximate surface area is 344 Å². The van der Waals surface area contributed by atoms with E-state index in [9.17, 15) is 30.0 Å². The lowest BCUT2D eigenvalue weighted by Gasteiger charge is -2.39. The van der Waals surface area contributed by atoms with Gasteiger partial charge in [-0.2, -0.15) is 0 Å². The largest absolute Gasteiger partial charge is 0.462 e. The zero-order valence-electron chi connectivity index (χ0n) is 35.0. The van der Waals surface area contributed by atoms with Crippen LogP contribution in [0.3, 0.4) is 0 Å². The fraction of sp³-hybridized carbons (Fsp3) is 0.660. The quantitative estimate of drug-likeness (QED) is 0.0282. The Balaban J connectivity index is 2.43. The van der Waals surface area contributed by atoms with E-state index < -0.39 is 55.4 Å². The van der Waals surface area contributed by atoms with E-state index in [1.54, 1.807) is 0 Å². The molecule has 0 bridgehead atoms. The Bertz CT molecular complexity index is 1200. The molecule has 6 unspecified atom stereocenters. The van der Waals surface area contributed by atoms with E-state index in [1.807, 2.05) is 12.2 Å². The SMILES string of the molecule is CC/C=C\C/C=C\C/C=C\C/C=C\C/C=C\C/C=C\CCC(=O)OC(COC(=O)CCCCCCC/C=C\CCCCCC)COC1OC(CO)C(O)C(O)C1O. The highest BCUT2D eigenvalue weighted by molar-refractivity contribution is 5.70. The van der Waals surface area contributed by atoms with Crippen LogP contribution in [0.15, 0.2) is 85.1 Å². The van der Waals surface area contributed by atoms with Crippen LogP contribution in [0.4, 0.5) is 0 Å². The number of aliphatic hydroxyl groups is 4. The Hall–Kier alpha value is -3.12. The van der Waals surface area contributed by atoms with Gasteiger partial charge in [-0.15, -0.1) is 0 Å². The monoisotopic (exact) mass is 801 g/mol. The van der Waals surface area contributed by atoms with E-state index in [0.717, 1.165) is 77.0 Å². The van der Waals surface area contributed by atoms with Crippen LogP contribution in [0.5, 0.6) is 0 Å². The van der Waals surface area contributed by atoms with Gasteiger partial charge in [0.1, 0.15) is 31.0 Å². The summed E-state index contributed by atoms with van der Waals surface area (Å²) in [5.74, 6) is -0.924. The van der Waals surface area contributed by atoms with Gasteiger partial charge in [-0.3, -0.25) is 9.59 Å². The summed E-state index contributed by atoms with van der Waals surface area (Å²) in [4.78, 5) is 25.2. The second kappa shape index (κ2) is 37.2. The van der Waals surface area contributed by atoms with E-state index in [1.165, 1.54) is 25.7 Å². The second-order valence-electron chi connectivity index (χ2n) is 14.4. The van der Waals surface area contributed by atoms with Crippen molar-refractivity contribution in [1.82, 2.24) is 0 Å². The third kappa shape index (κ3) is 28.9. The van der Waals surface area contributed by atoms with Crippen molar-refractivity contribution in [3.05, 3.63) is 85.1 Å². The highest BCUT2D eigenvalue weighted by Gasteiger charge is 2.44. The molecular formula is C47H76O10. The Morgan fingerprint density at radius 3 is 1.63 bits per heavy atom. The molecule has 1 aliphatic heterocycles. The summed E-state index contributed by atoms with van der Waals surface area (Å²) in [5.41, 5.74) is 0. The number of aliphatic hydroxyl groups excluding tert-OH is 4. The molecule has 4 N–H and O–H groups in total. The molecule has 1 aliphatic rings. The number of carbonyl (C=O) groups is 2. The first-order valence-corrected chi connectivity index (χ1v) is 21.7. The topological polar surface area (TPSA) is 152 Å². The molecule has 0 aromatic rings. The minimum absolute atomic E-state index is 0.0986. The number of hydrogen-bond acceptors (Lipinski definition) is 10. The molecule has 0 amide bonds. The fourth-order valence-corrected chi connectivity index (χ4v) is 5.85. The van der Waals surface area contributed by atoms with E-state index in [2.05, 4.69) is 86.8 Å². The zero-order valence-corrected chi connectivity index (χ0v) is 35.0. The van der Waals surface area contributed by atoms with Gasteiger partial charge < -0.3 is 39.4 Å². The van der Waals surface area contributed by atoms with Crippen LogP contribution in [0.1, 0.15) is 142 Å².